The van der Waals surface area contributed by atoms with Gasteiger partial charge in [-0.2, -0.15) is 5.10 Å². The Morgan fingerprint density at radius 2 is 1.97 bits per heavy atom. The fraction of sp³-hybridized carbons (Fsp3) is 0.364. The molecule has 3 N–H and O–H groups in total. The van der Waals surface area contributed by atoms with Crippen molar-refractivity contribution >= 4 is 17.7 Å². The summed E-state index contributed by atoms with van der Waals surface area (Å²) in [5, 5.41) is 12.7. The number of carbonyl (C=O) groups excluding carboxylic acids is 3. The van der Waals surface area contributed by atoms with E-state index in [4.69, 9.17) is 0 Å². The molecule has 3 rings (SSSR count). The van der Waals surface area contributed by atoms with Crippen LogP contribution in [0.3, 0.4) is 0 Å². The van der Waals surface area contributed by atoms with E-state index in [2.05, 4.69) is 41.5 Å². The maximum absolute atomic E-state index is 12.6. The predicted molar refractivity (Wildman–Crippen MR) is 113 cm³/mol. The summed E-state index contributed by atoms with van der Waals surface area (Å²) in [7, 11) is 0. The molecule has 2 unspecified atom stereocenters. The molecule has 30 heavy (non-hydrogen) atoms. The zero-order chi connectivity index (χ0) is 21.8. The van der Waals surface area contributed by atoms with Gasteiger partial charge in [-0.05, 0) is 30.0 Å². The van der Waals surface area contributed by atoms with Crippen LogP contribution in [0.25, 0.3) is 0 Å². The summed E-state index contributed by atoms with van der Waals surface area (Å²) in [6.07, 6.45) is 1.19. The maximum atomic E-state index is 12.6. The van der Waals surface area contributed by atoms with Gasteiger partial charge in [-0.1, -0.05) is 44.7 Å². The van der Waals surface area contributed by atoms with E-state index >= 15 is 0 Å². The van der Waals surface area contributed by atoms with Crippen molar-refractivity contribution in [1.82, 2.24) is 25.7 Å². The second kappa shape index (κ2) is 8.94. The average Bonchev–Trinajstić information content (AvgIpc) is 3.15. The second-order valence-corrected chi connectivity index (χ2v) is 7.77. The Balaban J connectivity index is 1.73. The van der Waals surface area contributed by atoms with E-state index in [0.29, 0.717) is 18.2 Å². The Kier molecular flexibility index (Phi) is 6.34. The van der Waals surface area contributed by atoms with Crippen LogP contribution in [0, 0.1) is 0 Å². The van der Waals surface area contributed by atoms with Crippen LogP contribution >= 0.6 is 0 Å². The molecule has 2 heterocycles. The van der Waals surface area contributed by atoms with Gasteiger partial charge in [-0.15, -0.1) is 0 Å². The Bertz CT molecular complexity index is 962. The molecule has 8 nitrogen and oxygen atoms in total. The molecular weight excluding hydrogens is 382 g/mol. The van der Waals surface area contributed by atoms with Gasteiger partial charge in [0.25, 0.3) is 11.8 Å². The molecule has 0 radical (unpaired) electrons. The largest absolute Gasteiger partial charge is 0.348 e. The van der Waals surface area contributed by atoms with Gasteiger partial charge in [-0.3, -0.25) is 19.1 Å². The highest BCUT2D eigenvalue weighted by Crippen LogP contribution is 2.19. The third-order valence-corrected chi connectivity index (χ3v) is 5.04. The molecule has 0 aliphatic carbocycles. The minimum Gasteiger partial charge on any atom is -0.348 e. The lowest BCUT2D eigenvalue weighted by molar-refractivity contribution is -0.117. The number of hydrogen-bond acceptors (Lipinski definition) is 4. The lowest BCUT2D eigenvalue weighted by atomic mass is 9.99. The number of rotatable bonds is 7. The Morgan fingerprint density at radius 3 is 2.60 bits per heavy atom. The molecule has 2 atom stereocenters. The molecule has 1 aliphatic rings. The predicted octanol–water partition coefficient (Wildman–Crippen LogP) is 1.91. The fourth-order valence-corrected chi connectivity index (χ4v) is 3.33. The molecule has 8 heteroatoms. The zero-order valence-corrected chi connectivity index (χ0v) is 17.4. The van der Waals surface area contributed by atoms with E-state index in [1.165, 1.54) is 17.7 Å². The summed E-state index contributed by atoms with van der Waals surface area (Å²) in [6.45, 7) is 10.3. The number of nitrogens with zero attached hydrogens (tertiary/aromatic N) is 2. The molecule has 2 aromatic rings. The molecule has 0 spiro atoms. The van der Waals surface area contributed by atoms with Crippen molar-refractivity contribution in [3.05, 3.63) is 65.5 Å². The molecule has 0 bridgehead atoms. The van der Waals surface area contributed by atoms with Crippen molar-refractivity contribution in [3.8, 4) is 0 Å². The van der Waals surface area contributed by atoms with Gasteiger partial charge in [0.05, 0.1) is 12.6 Å². The lowest BCUT2D eigenvalue weighted by Gasteiger charge is -2.20. The first kappa shape index (κ1) is 21.3. The summed E-state index contributed by atoms with van der Waals surface area (Å²) in [5.74, 6) is -0.590. The van der Waals surface area contributed by atoms with Gasteiger partial charge in [0.15, 0.2) is 5.69 Å². The van der Waals surface area contributed by atoms with Crippen molar-refractivity contribution in [2.24, 2.45) is 0 Å². The molecule has 3 amide bonds. The minimum absolute atomic E-state index is 0.0480. The van der Waals surface area contributed by atoms with E-state index in [9.17, 15) is 14.4 Å². The van der Waals surface area contributed by atoms with Gasteiger partial charge in [0.2, 0.25) is 5.91 Å². The summed E-state index contributed by atoms with van der Waals surface area (Å²) in [6, 6.07) is 8.91. The number of carbonyl (C=O) groups is 3. The topological polar surface area (TPSA) is 105 Å². The van der Waals surface area contributed by atoms with Crippen LogP contribution in [0.1, 0.15) is 64.8 Å². The first-order chi connectivity index (χ1) is 14.3. The highest BCUT2D eigenvalue weighted by molar-refractivity contribution is 5.98. The minimum atomic E-state index is -0.429. The highest BCUT2D eigenvalue weighted by Gasteiger charge is 2.26. The molecular formula is C22H27N5O3. The van der Waals surface area contributed by atoms with Crippen LogP contribution in [0.5, 0.6) is 0 Å². The van der Waals surface area contributed by atoms with Crippen molar-refractivity contribution in [1.29, 1.82) is 0 Å². The van der Waals surface area contributed by atoms with Gasteiger partial charge in [-0.25, -0.2) is 0 Å². The van der Waals surface area contributed by atoms with Gasteiger partial charge >= 0.3 is 0 Å². The lowest BCUT2D eigenvalue weighted by Crippen LogP contribution is -2.42. The number of amides is 3. The summed E-state index contributed by atoms with van der Waals surface area (Å²) in [5.41, 5.74) is 2.58. The first-order valence-corrected chi connectivity index (χ1v) is 9.98. The molecule has 0 saturated heterocycles. The zero-order valence-electron chi connectivity index (χ0n) is 17.4. The molecule has 0 saturated carbocycles. The molecule has 1 aromatic carbocycles. The number of fused-ring (bicyclic) bond motifs is 1. The molecule has 0 fully saturated rings. The Labute approximate surface area is 175 Å². The normalized spacial score (nSPS) is 16.4. The molecule has 1 aliphatic heterocycles. The maximum Gasteiger partial charge on any atom is 0.271 e. The van der Waals surface area contributed by atoms with Crippen LogP contribution in [0.2, 0.25) is 0 Å². The van der Waals surface area contributed by atoms with Gasteiger partial charge < -0.3 is 16.0 Å². The summed E-state index contributed by atoms with van der Waals surface area (Å²) >= 11 is 0. The number of aromatic nitrogens is 2. The monoisotopic (exact) mass is 409 g/mol. The van der Waals surface area contributed by atoms with Gasteiger partial charge in [0, 0.05) is 18.7 Å². The van der Waals surface area contributed by atoms with Crippen LogP contribution in [0.4, 0.5) is 0 Å². The van der Waals surface area contributed by atoms with Crippen LogP contribution in [0.15, 0.2) is 43.0 Å². The van der Waals surface area contributed by atoms with E-state index in [1.807, 2.05) is 31.2 Å². The van der Waals surface area contributed by atoms with Crippen molar-refractivity contribution in [2.45, 2.75) is 45.3 Å². The summed E-state index contributed by atoms with van der Waals surface area (Å²) in [4.78, 5) is 36.6. The molecule has 1 aromatic heterocycles. The van der Waals surface area contributed by atoms with Crippen LogP contribution in [-0.2, 0) is 11.3 Å². The SMILES string of the molecule is C=CC(=O)NC(CNC(=O)c1cc2n(n1)CC(C)NC2=O)c1ccc(C(C)C)cc1. The van der Waals surface area contributed by atoms with E-state index in [0.717, 1.165) is 5.56 Å². The highest BCUT2D eigenvalue weighted by atomic mass is 16.2. The Hall–Kier alpha value is -3.42. The van der Waals surface area contributed by atoms with Crippen molar-refractivity contribution in [3.63, 3.8) is 0 Å². The average molecular weight is 409 g/mol. The third kappa shape index (κ3) is 4.76. The number of nitrogens with one attached hydrogen (secondary N) is 3. The van der Waals surface area contributed by atoms with Gasteiger partial charge in [0.1, 0.15) is 5.69 Å². The third-order valence-electron chi connectivity index (χ3n) is 5.04. The summed E-state index contributed by atoms with van der Waals surface area (Å²) < 4.78 is 1.54. The number of hydrogen-bond donors (Lipinski definition) is 3. The second-order valence-electron chi connectivity index (χ2n) is 7.77. The van der Waals surface area contributed by atoms with E-state index in [-0.39, 0.29) is 30.1 Å². The Morgan fingerprint density at radius 1 is 1.30 bits per heavy atom. The first-order valence-electron chi connectivity index (χ1n) is 9.98. The smallest absolute Gasteiger partial charge is 0.271 e. The van der Waals surface area contributed by atoms with Crippen LogP contribution in [-0.4, -0.2) is 40.1 Å². The standard InChI is InChI=1S/C22H27N5O3/c1-5-20(28)25-18(16-8-6-15(7-9-16)13(2)3)11-23-21(29)17-10-19-22(30)24-14(4)12-27(19)26-17/h5-10,13-14,18H,1,11-12H2,2-4H3,(H,23,29)(H,24,30)(H,25,28). The fourth-order valence-electron chi connectivity index (χ4n) is 3.33. The van der Waals surface area contributed by atoms with E-state index < -0.39 is 11.9 Å². The quantitative estimate of drug-likeness (QED) is 0.608. The van der Waals surface area contributed by atoms with Crippen LogP contribution < -0.4 is 16.0 Å². The van der Waals surface area contributed by atoms with Crippen molar-refractivity contribution < 1.29 is 14.4 Å². The van der Waals surface area contributed by atoms with Crippen molar-refractivity contribution in [2.75, 3.05) is 6.54 Å². The molecule has 158 valence electrons. The number of benzene rings is 1. The van der Waals surface area contributed by atoms with E-state index in [1.54, 1.807) is 4.68 Å².